The molecule has 1 fully saturated rings. The Kier molecular flexibility index (Phi) is 7.90. The zero-order chi connectivity index (χ0) is 19.0. The highest BCUT2D eigenvalue weighted by Crippen LogP contribution is 2.19. The molecule has 0 radical (unpaired) electrons. The lowest BCUT2D eigenvalue weighted by atomic mass is 10.2. The molecule has 26 heavy (non-hydrogen) atoms. The molecule has 146 valence electrons. The average Bonchev–Trinajstić information content (AvgIpc) is 2.63. The van der Waals surface area contributed by atoms with Crippen molar-refractivity contribution in [2.45, 2.75) is 39.5 Å². The summed E-state index contributed by atoms with van der Waals surface area (Å²) in [5, 5.41) is 2.80. The van der Waals surface area contributed by atoms with Crippen LogP contribution in [0, 0.1) is 6.92 Å². The van der Waals surface area contributed by atoms with Crippen LogP contribution in [0.25, 0.3) is 0 Å². The molecule has 0 aliphatic carbocycles. The van der Waals surface area contributed by atoms with Gasteiger partial charge in [0.05, 0.1) is 5.75 Å². The number of piperazine rings is 1. The first-order valence-corrected chi connectivity index (χ1v) is 11.1. The lowest BCUT2D eigenvalue weighted by molar-refractivity contribution is -0.121. The van der Waals surface area contributed by atoms with Crippen LogP contribution in [0.5, 0.6) is 0 Å². The molecule has 0 aromatic heterocycles. The number of carbonyl (C=O) groups excluding carboxylic acids is 1. The summed E-state index contributed by atoms with van der Waals surface area (Å²) in [6.07, 6.45) is 2.83. The van der Waals surface area contributed by atoms with Gasteiger partial charge in [0.15, 0.2) is 0 Å². The zero-order valence-corrected chi connectivity index (χ0v) is 16.7. The molecule has 1 saturated heterocycles. The molecular formula is C19H31N3O3S. The molecule has 1 aliphatic heterocycles. The number of hydrogen-bond donors (Lipinski definition) is 1. The average molecular weight is 382 g/mol. The third-order valence-corrected chi connectivity index (χ3v) is 6.61. The number of anilines is 1. The number of unbranched alkanes of at least 4 members (excludes halogenated alkanes) is 1. The van der Waals surface area contributed by atoms with Gasteiger partial charge in [0, 0.05) is 44.8 Å². The van der Waals surface area contributed by atoms with Gasteiger partial charge in [0.2, 0.25) is 15.9 Å². The van der Waals surface area contributed by atoms with Gasteiger partial charge >= 0.3 is 0 Å². The lowest BCUT2D eigenvalue weighted by Gasteiger charge is -2.35. The van der Waals surface area contributed by atoms with Crippen molar-refractivity contribution in [3.63, 3.8) is 0 Å². The third kappa shape index (κ3) is 6.29. The summed E-state index contributed by atoms with van der Waals surface area (Å²) in [6, 6.07) is 8.29. The number of hydrogen-bond acceptors (Lipinski definition) is 4. The standard InChI is InChI=1S/C19H31N3O3S/c1-3-4-9-19(23)20-10-6-15-26(24,25)22-13-11-21(12-14-22)18-8-5-7-17(2)16-18/h5,7-8,16H,3-4,6,9-15H2,1-2H3,(H,20,23). The second-order valence-electron chi connectivity index (χ2n) is 6.85. The molecule has 1 aliphatic rings. The highest BCUT2D eigenvalue weighted by molar-refractivity contribution is 7.89. The summed E-state index contributed by atoms with van der Waals surface area (Å²) < 4.78 is 26.6. The number of rotatable bonds is 9. The molecule has 2 rings (SSSR count). The van der Waals surface area contributed by atoms with Crippen molar-refractivity contribution in [2.24, 2.45) is 0 Å². The normalized spacial score (nSPS) is 15.8. The predicted octanol–water partition coefficient (Wildman–Crippen LogP) is 2.14. The molecule has 1 amide bonds. The maximum Gasteiger partial charge on any atom is 0.219 e. The fraction of sp³-hybridized carbons (Fsp3) is 0.632. The smallest absolute Gasteiger partial charge is 0.219 e. The summed E-state index contributed by atoms with van der Waals surface area (Å²) in [6.45, 7) is 6.96. The van der Waals surface area contributed by atoms with E-state index in [1.807, 2.05) is 13.0 Å². The van der Waals surface area contributed by atoms with E-state index >= 15 is 0 Å². The molecular weight excluding hydrogens is 350 g/mol. The summed E-state index contributed by atoms with van der Waals surface area (Å²) in [5.41, 5.74) is 2.36. The Morgan fingerprint density at radius 3 is 2.54 bits per heavy atom. The first-order chi connectivity index (χ1) is 12.4. The van der Waals surface area contributed by atoms with Gasteiger partial charge in [-0.3, -0.25) is 4.79 Å². The number of nitrogens with zero attached hydrogens (tertiary/aromatic N) is 2. The zero-order valence-electron chi connectivity index (χ0n) is 15.9. The van der Waals surface area contributed by atoms with Crippen molar-refractivity contribution in [1.82, 2.24) is 9.62 Å². The maximum atomic E-state index is 12.5. The van der Waals surface area contributed by atoms with E-state index in [4.69, 9.17) is 0 Å². The van der Waals surface area contributed by atoms with Crippen LogP contribution in [-0.4, -0.2) is 57.1 Å². The third-order valence-electron chi connectivity index (χ3n) is 4.66. The minimum absolute atomic E-state index is 0.0102. The second-order valence-corrected chi connectivity index (χ2v) is 8.94. The summed E-state index contributed by atoms with van der Waals surface area (Å²) >= 11 is 0. The Balaban J connectivity index is 1.74. The van der Waals surface area contributed by atoms with Crippen LogP contribution < -0.4 is 10.2 Å². The van der Waals surface area contributed by atoms with Crippen LogP contribution in [0.4, 0.5) is 5.69 Å². The highest BCUT2D eigenvalue weighted by atomic mass is 32.2. The van der Waals surface area contributed by atoms with Gasteiger partial charge in [0.1, 0.15) is 0 Å². The molecule has 0 bridgehead atoms. The maximum absolute atomic E-state index is 12.5. The van der Waals surface area contributed by atoms with Crippen LogP contribution in [0.15, 0.2) is 24.3 Å². The van der Waals surface area contributed by atoms with Gasteiger partial charge in [-0.05, 0) is 37.5 Å². The topological polar surface area (TPSA) is 69.7 Å². The Morgan fingerprint density at radius 2 is 1.88 bits per heavy atom. The summed E-state index contributed by atoms with van der Waals surface area (Å²) in [4.78, 5) is 13.8. The van der Waals surface area contributed by atoms with Crippen molar-refractivity contribution >= 4 is 21.6 Å². The van der Waals surface area contributed by atoms with E-state index in [-0.39, 0.29) is 11.7 Å². The molecule has 1 N–H and O–H groups in total. The fourth-order valence-electron chi connectivity index (χ4n) is 3.09. The van der Waals surface area contributed by atoms with E-state index in [9.17, 15) is 13.2 Å². The minimum Gasteiger partial charge on any atom is -0.369 e. The Morgan fingerprint density at radius 1 is 1.15 bits per heavy atom. The molecule has 1 heterocycles. The number of carbonyl (C=O) groups is 1. The van der Waals surface area contributed by atoms with E-state index < -0.39 is 10.0 Å². The Hall–Kier alpha value is -1.60. The number of nitrogens with one attached hydrogen (secondary N) is 1. The van der Waals surface area contributed by atoms with Gasteiger partial charge in [-0.1, -0.05) is 25.5 Å². The second kappa shape index (κ2) is 9.92. The summed E-state index contributed by atoms with van der Waals surface area (Å²) in [5.74, 6) is 0.0990. The molecule has 0 unspecified atom stereocenters. The predicted molar refractivity (Wildman–Crippen MR) is 106 cm³/mol. The van der Waals surface area contributed by atoms with Gasteiger partial charge in [-0.2, -0.15) is 4.31 Å². The lowest BCUT2D eigenvalue weighted by Crippen LogP contribution is -2.49. The quantitative estimate of drug-likeness (QED) is 0.666. The van der Waals surface area contributed by atoms with Crippen molar-refractivity contribution in [1.29, 1.82) is 0 Å². The van der Waals surface area contributed by atoms with E-state index in [2.05, 4.69) is 35.3 Å². The molecule has 0 saturated carbocycles. The van der Waals surface area contributed by atoms with Crippen molar-refractivity contribution in [2.75, 3.05) is 43.4 Å². The first kappa shape index (κ1) is 20.7. The van der Waals surface area contributed by atoms with Crippen molar-refractivity contribution < 1.29 is 13.2 Å². The van der Waals surface area contributed by atoms with Crippen LogP contribution in [0.2, 0.25) is 0 Å². The molecule has 0 atom stereocenters. The van der Waals surface area contributed by atoms with E-state index in [0.29, 0.717) is 45.6 Å². The number of amides is 1. The SMILES string of the molecule is CCCCC(=O)NCCCS(=O)(=O)N1CCN(c2cccc(C)c2)CC1. The Labute approximate surface area is 157 Å². The number of sulfonamides is 1. The van der Waals surface area contributed by atoms with Gasteiger partial charge in [-0.25, -0.2) is 8.42 Å². The number of aryl methyl sites for hydroxylation is 1. The fourth-order valence-corrected chi connectivity index (χ4v) is 4.57. The molecule has 1 aromatic carbocycles. The van der Waals surface area contributed by atoms with Crippen LogP contribution >= 0.6 is 0 Å². The summed E-state index contributed by atoms with van der Waals surface area (Å²) in [7, 11) is -3.26. The van der Waals surface area contributed by atoms with Crippen molar-refractivity contribution in [3.05, 3.63) is 29.8 Å². The van der Waals surface area contributed by atoms with Crippen LogP contribution in [0.3, 0.4) is 0 Å². The van der Waals surface area contributed by atoms with Gasteiger partial charge in [-0.15, -0.1) is 0 Å². The monoisotopic (exact) mass is 381 g/mol. The minimum atomic E-state index is -3.26. The van der Waals surface area contributed by atoms with Gasteiger partial charge < -0.3 is 10.2 Å². The van der Waals surface area contributed by atoms with Gasteiger partial charge in [0.25, 0.3) is 0 Å². The van der Waals surface area contributed by atoms with E-state index in [1.54, 1.807) is 4.31 Å². The Bertz CT molecular complexity index is 683. The van der Waals surface area contributed by atoms with Crippen LogP contribution in [-0.2, 0) is 14.8 Å². The molecule has 6 nitrogen and oxygen atoms in total. The van der Waals surface area contributed by atoms with Crippen molar-refractivity contribution in [3.8, 4) is 0 Å². The molecule has 1 aromatic rings. The van der Waals surface area contributed by atoms with Crippen LogP contribution in [0.1, 0.15) is 38.2 Å². The van der Waals surface area contributed by atoms with E-state index in [1.165, 1.54) is 5.56 Å². The number of benzene rings is 1. The molecule has 0 spiro atoms. The molecule has 7 heteroatoms. The largest absolute Gasteiger partial charge is 0.369 e. The first-order valence-electron chi connectivity index (χ1n) is 9.48. The highest BCUT2D eigenvalue weighted by Gasteiger charge is 2.26. The van der Waals surface area contributed by atoms with E-state index in [0.717, 1.165) is 18.5 Å².